The number of hydrogen-bond acceptors (Lipinski definition) is 4. The molecule has 0 aliphatic carbocycles. The molecule has 1 atom stereocenters. The van der Waals surface area contributed by atoms with E-state index in [1.165, 1.54) is 6.07 Å². The Balaban J connectivity index is 1.80. The number of carbonyl (C=O) groups excluding carboxylic acids is 1. The fraction of sp³-hybridized carbons (Fsp3) is 0.611. The molecule has 0 bridgehead atoms. The number of amides is 1. The first-order chi connectivity index (χ1) is 11.6. The van der Waals surface area contributed by atoms with Gasteiger partial charge in [0.2, 0.25) is 0 Å². The fourth-order valence-corrected chi connectivity index (χ4v) is 3.69. The van der Waals surface area contributed by atoms with E-state index in [2.05, 4.69) is 4.90 Å². The second kappa shape index (κ2) is 7.07. The van der Waals surface area contributed by atoms with Crippen molar-refractivity contribution in [1.29, 1.82) is 0 Å². The van der Waals surface area contributed by atoms with Crippen LogP contribution in [0.4, 0.5) is 4.39 Å². The summed E-state index contributed by atoms with van der Waals surface area (Å²) in [4.78, 5) is 16.6. The van der Waals surface area contributed by atoms with E-state index in [0.717, 1.165) is 25.8 Å². The van der Waals surface area contributed by atoms with E-state index in [1.807, 2.05) is 7.05 Å². The quantitative estimate of drug-likeness (QED) is 0.847. The smallest absolute Gasteiger partial charge is 0.255 e. The average Bonchev–Trinajstić information content (AvgIpc) is 2.71. The Morgan fingerprint density at radius 2 is 2.17 bits per heavy atom. The molecule has 1 spiro atoms. The number of hydrogen-bond donors (Lipinski definition) is 0. The second-order valence-corrected chi connectivity index (χ2v) is 6.66. The first-order valence-corrected chi connectivity index (χ1v) is 8.49. The van der Waals surface area contributed by atoms with Crippen LogP contribution in [0.1, 0.15) is 24.8 Å². The molecule has 1 aromatic carbocycles. The molecule has 3 rings (SSSR count). The minimum atomic E-state index is -0.790. The number of halogens is 1. The number of likely N-dealkylation sites (tertiary alicyclic amines) is 1. The molecule has 2 aliphatic heterocycles. The summed E-state index contributed by atoms with van der Waals surface area (Å²) in [6, 6.07) is 4.85. The lowest BCUT2D eigenvalue weighted by atomic mass is 9.94. The summed E-state index contributed by atoms with van der Waals surface area (Å²) in [6.07, 6.45) is 2.68. The van der Waals surface area contributed by atoms with Gasteiger partial charge in [0, 0.05) is 38.8 Å². The van der Waals surface area contributed by atoms with Gasteiger partial charge in [-0.1, -0.05) is 6.07 Å². The SMILES string of the molecule is COc1cccc(F)c1CN1CCOC2(CCCCN(C)C2=O)C1. The largest absolute Gasteiger partial charge is 0.496 e. The van der Waals surface area contributed by atoms with Crippen LogP contribution in [0.25, 0.3) is 0 Å². The Bertz CT molecular complexity index is 610. The molecular weight excluding hydrogens is 311 g/mol. The number of rotatable bonds is 3. The Morgan fingerprint density at radius 1 is 1.33 bits per heavy atom. The number of carbonyl (C=O) groups is 1. The maximum Gasteiger partial charge on any atom is 0.255 e. The van der Waals surface area contributed by atoms with Crippen LogP contribution < -0.4 is 4.74 Å². The number of likely N-dealkylation sites (N-methyl/N-ethyl adjacent to an activating group) is 1. The minimum Gasteiger partial charge on any atom is -0.496 e. The van der Waals surface area contributed by atoms with Crippen LogP contribution in [0.3, 0.4) is 0 Å². The molecule has 0 aromatic heterocycles. The van der Waals surface area contributed by atoms with Gasteiger partial charge in [0.1, 0.15) is 11.6 Å². The van der Waals surface area contributed by atoms with Gasteiger partial charge in [0.25, 0.3) is 5.91 Å². The van der Waals surface area contributed by atoms with Gasteiger partial charge in [-0.05, 0) is 31.4 Å². The van der Waals surface area contributed by atoms with E-state index in [0.29, 0.717) is 37.6 Å². The third kappa shape index (κ3) is 3.26. The van der Waals surface area contributed by atoms with Crippen LogP contribution in [0.15, 0.2) is 18.2 Å². The van der Waals surface area contributed by atoms with Crippen molar-refractivity contribution >= 4 is 5.91 Å². The highest BCUT2D eigenvalue weighted by Crippen LogP contribution is 2.31. The molecule has 132 valence electrons. The lowest BCUT2D eigenvalue weighted by Gasteiger charge is -2.42. The van der Waals surface area contributed by atoms with Crippen molar-refractivity contribution in [3.8, 4) is 5.75 Å². The summed E-state index contributed by atoms with van der Waals surface area (Å²) < 4.78 is 25.5. The molecule has 0 radical (unpaired) electrons. The van der Waals surface area contributed by atoms with Crippen LogP contribution >= 0.6 is 0 Å². The number of nitrogens with zero attached hydrogens (tertiary/aromatic N) is 2. The summed E-state index contributed by atoms with van der Waals surface area (Å²) in [5.41, 5.74) is -0.256. The van der Waals surface area contributed by atoms with E-state index < -0.39 is 5.60 Å². The van der Waals surface area contributed by atoms with Gasteiger partial charge in [0.05, 0.1) is 13.7 Å². The Labute approximate surface area is 142 Å². The van der Waals surface area contributed by atoms with Crippen molar-refractivity contribution in [3.05, 3.63) is 29.6 Å². The lowest BCUT2D eigenvalue weighted by Crippen LogP contribution is -2.59. The first kappa shape index (κ1) is 17.2. The van der Waals surface area contributed by atoms with Crippen LogP contribution in [-0.4, -0.2) is 61.7 Å². The Morgan fingerprint density at radius 3 is 2.96 bits per heavy atom. The number of benzene rings is 1. The third-order valence-electron chi connectivity index (χ3n) is 5.00. The zero-order valence-corrected chi connectivity index (χ0v) is 14.4. The molecule has 0 saturated carbocycles. The molecule has 24 heavy (non-hydrogen) atoms. The number of morpholine rings is 1. The van der Waals surface area contributed by atoms with Gasteiger partial charge in [-0.25, -0.2) is 4.39 Å². The minimum absolute atomic E-state index is 0.0465. The summed E-state index contributed by atoms with van der Waals surface area (Å²) in [6.45, 7) is 2.84. The van der Waals surface area contributed by atoms with E-state index in [4.69, 9.17) is 9.47 Å². The molecule has 2 fully saturated rings. The number of ether oxygens (including phenoxy) is 2. The number of methoxy groups -OCH3 is 1. The van der Waals surface area contributed by atoms with Gasteiger partial charge >= 0.3 is 0 Å². The van der Waals surface area contributed by atoms with Crippen LogP contribution in [0.5, 0.6) is 5.75 Å². The topological polar surface area (TPSA) is 42.0 Å². The van der Waals surface area contributed by atoms with Crippen molar-refractivity contribution in [2.24, 2.45) is 0 Å². The normalized spacial score (nSPS) is 25.8. The Hall–Kier alpha value is -1.66. The molecule has 1 aromatic rings. The lowest BCUT2D eigenvalue weighted by molar-refractivity contribution is -0.170. The molecule has 1 unspecified atom stereocenters. The zero-order chi connectivity index (χ0) is 17.2. The van der Waals surface area contributed by atoms with E-state index >= 15 is 0 Å². The molecule has 2 saturated heterocycles. The van der Waals surface area contributed by atoms with Crippen molar-refractivity contribution in [1.82, 2.24) is 9.80 Å². The van der Waals surface area contributed by atoms with E-state index in [9.17, 15) is 9.18 Å². The third-order valence-corrected chi connectivity index (χ3v) is 5.00. The van der Waals surface area contributed by atoms with Crippen LogP contribution in [0, 0.1) is 5.82 Å². The molecule has 6 heteroatoms. The van der Waals surface area contributed by atoms with Gasteiger partial charge in [-0.3, -0.25) is 9.69 Å². The summed E-state index contributed by atoms with van der Waals surface area (Å²) in [7, 11) is 3.38. The molecule has 5 nitrogen and oxygen atoms in total. The van der Waals surface area contributed by atoms with Crippen molar-refractivity contribution < 1.29 is 18.7 Å². The van der Waals surface area contributed by atoms with Gasteiger partial charge < -0.3 is 14.4 Å². The molecule has 2 aliphatic rings. The second-order valence-electron chi connectivity index (χ2n) is 6.66. The first-order valence-electron chi connectivity index (χ1n) is 8.49. The predicted molar refractivity (Wildman–Crippen MR) is 88.4 cm³/mol. The average molecular weight is 336 g/mol. The summed E-state index contributed by atoms with van der Waals surface area (Å²) >= 11 is 0. The van der Waals surface area contributed by atoms with Crippen molar-refractivity contribution in [3.63, 3.8) is 0 Å². The molecule has 1 amide bonds. The maximum absolute atomic E-state index is 14.2. The maximum atomic E-state index is 14.2. The van der Waals surface area contributed by atoms with Crippen LogP contribution in [-0.2, 0) is 16.1 Å². The monoisotopic (exact) mass is 336 g/mol. The van der Waals surface area contributed by atoms with Gasteiger partial charge in [-0.2, -0.15) is 0 Å². The van der Waals surface area contributed by atoms with Crippen molar-refractivity contribution in [2.75, 3.05) is 40.4 Å². The standard InChI is InChI=1S/C18H25FN2O3/c1-20-9-4-3-8-18(17(20)22)13-21(10-11-24-18)12-14-15(19)6-5-7-16(14)23-2/h5-7H,3-4,8-13H2,1-2H3. The highest BCUT2D eigenvalue weighted by molar-refractivity contribution is 5.85. The Kier molecular flexibility index (Phi) is 5.06. The zero-order valence-electron chi connectivity index (χ0n) is 14.4. The van der Waals surface area contributed by atoms with E-state index in [-0.39, 0.29) is 11.7 Å². The highest BCUT2D eigenvalue weighted by atomic mass is 19.1. The van der Waals surface area contributed by atoms with Crippen LogP contribution in [0.2, 0.25) is 0 Å². The van der Waals surface area contributed by atoms with E-state index in [1.54, 1.807) is 24.1 Å². The highest BCUT2D eigenvalue weighted by Gasteiger charge is 2.46. The van der Waals surface area contributed by atoms with Gasteiger partial charge in [0.15, 0.2) is 5.60 Å². The summed E-state index contributed by atoms with van der Waals surface area (Å²) in [5.74, 6) is 0.309. The molecule has 2 heterocycles. The molecule has 0 N–H and O–H groups in total. The predicted octanol–water partition coefficient (Wildman–Crippen LogP) is 2.05. The van der Waals surface area contributed by atoms with Gasteiger partial charge in [-0.15, -0.1) is 0 Å². The fourth-order valence-electron chi connectivity index (χ4n) is 3.69. The molecular formula is C18H25FN2O3. The van der Waals surface area contributed by atoms with Crippen molar-refractivity contribution in [2.45, 2.75) is 31.4 Å². The summed E-state index contributed by atoms with van der Waals surface area (Å²) in [5, 5.41) is 0.